The first-order valence-corrected chi connectivity index (χ1v) is 10.0. The van der Waals surface area contributed by atoms with Crippen molar-refractivity contribution in [1.82, 2.24) is 20.1 Å². The SMILES string of the molecule is O=C(NCc1cccnc1)[C@@H]1C[C@@H](O)CN1C1CCN(C(=O)c2ccco2)CC1. The minimum atomic E-state index is -0.507. The van der Waals surface area contributed by atoms with Crippen molar-refractivity contribution in [1.29, 1.82) is 0 Å². The first kappa shape index (κ1) is 19.6. The Morgan fingerprint density at radius 1 is 1.24 bits per heavy atom. The van der Waals surface area contributed by atoms with Crippen molar-refractivity contribution in [3.63, 3.8) is 0 Å². The summed E-state index contributed by atoms with van der Waals surface area (Å²) in [5.41, 5.74) is 0.940. The highest BCUT2D eigenvalue weighted by molar-refractivity contribution is 5.91. The lowest BCUT2D eigenvalue weighted by Crippen LogP contribution is -2.52. The number of nitrogens with one attached hydrogen (secondary N) is 1. The molecule has 2 amide bonds. The number of likely N-dealkylation sites (tertiary alicyclic amines) is 2. The number of β-amino-alcohol motifs (C(OH)–C–C–N with tert-alkyl or cyclic N) is 1. The van der Waals surface area contributed by atoms with Gasteiger partial charge in [0.05, 0.1) is 18.4 Å². The van der Waals surface area contributed by atoms with Crippen LogP contribution in [0.4, 0.5) is 0 Å². The van der Waals surface area contributed by atoms with Crippen LogP contribution in [0.15, 0.2) is 47.3 Å². The molecule has 0 aliphatic carbocycles. The van der Waals surface area contributed by atoms with E-state index in [0.717, 1.165) is 18.4 Å². The fraction of sp³-hybridized carbons (Fsp3) is 0.476. The van der Waals surface area contributed by atoms with Crippen LogP contribution < -0.4 is 5.32 Å². The van der Waals surface area contributed by atoms with Gasteiger partial charge in [0.2, 0.25) is 5.91 Å². The normalized spacial score (nSPS) is 23.3. The second-order valence-electron chi connectivity index (χ2n) is 7.68. The molecule has 2 aliphatic rings. The van der Waals surface area contributed by atoms with Crippen LogP contribution in [-0.2, 0) is 11.3 Å². The van der Waals surface area contributed by atoms with Gasteiger partial charge >= 0.3 is 0 Å². The first-order chi connectivity index (χ1) is 14.1. The Bertz CT molecular complexity index is 818. The molecule has 8 nitrogen and oxygen atoms in total. The van der Waals surface area contributed by atoms with Crippen molar-refractivity contribution in [2.75, 3.05) is 19.6 Å². The summed E-state index contributed by atoms with van der Waals surface area (Å²) in [5.74, 6) is 0.188. The van der Waals surface area contributed by atoms with Gasteiger partial charge in [-0.1, -0.05) is 6.07 Å². The van der Waals surface area contributed by atoms with Gasteiger partial charge in [0.25, 0.3) is 5.91 Å². The smallest absolute Gasteiger partial charge is 0.289 e. The van der Waals surface area contributed by atoms with Gasteiger partial charge in [-0.25, -0.2) is 0 Å². The molecule has 2 aromatic rings. The Hall–Kier alpha value is -2.71. The minimum absolute atomic E-state index is 0.0699. The lowest BCUT2D eigenvalue weighted by molar-refractivity contribution is -0.126. The van der Waals surface area contributed by atoms with Crippen LogP contribution >= 0.6 is 0 Å². The number of carbonyl (C=O) groups is 2. The highest BCUT2D eigenvalue weighted by Crippen LogP contribution is 2.27. The molecule has 29 heavy (non-hydrogen) atoms. The number of hydrogen-bond acceptors (Lipinski definition) is 6. The molecular formula is C21H26N4O4. The molecule has 4 rings (SSSR count). The summed E-state index contributed by atoms with van der Waals surface area (Å²) >= 11 is 0. The van der Waals surface area contributed by atoms with Crippen LogP contribution in [0.2, 0.25) is 0 Å². The monoisotopic (exact) mass is 398 g/mol. The molecule has 2 aliphatic heterocycles. The van der Waals surface area contributed by atoms with E-state index in [1.165, 1.54) is 6.26 Å². The Balaban J connectivity index is 1.33. The third-order valence-corrected chi connectivity index (χ3v) is 5.76. The molecule has 2 fully saturated rings. The summed E-state index contributed by atoms with van der Waals surface area (Å²) in [6, 6.07) is 6.96. The molecule has 2 atom stereocenters. The fourth-order valence-electron chi connectivity index (χ4n) is 4.27. The molecule has 2 N–H and O–H groups in total. The Morgan fingerprint density at radius 3 is 2.76 bits per heavy atom. The van der Waals surface area contributed by atoms with Crippen LogP contribution in [0.3, 0.4) is 0 Å². The van der Waals surface area contributed by atoms with Gasteiger partial charge in [-0.15, -0.1) is 0 Å². The molecule has 154 valence electrons. The Kier molecular flexibility index (Phi) is 5.92. The van der Waals surface area contributed by atoms with Crippen molar-refractivity contribution < 1.29 is 19.1 Å². The summed E-state index contributed by atoms with van der Waals surface area (Å²) in [6.45, 7) is 2.13. The van der Waals surface area contributed by atoms with E-state index >= 15 is 0 Å². The van der Waals surface area contributed by atoms with E-state index in [9.17, 15) is 14.7 Å². The zero-order chi connectivity index (χ0) is 20.2. The van der Waals surface area contributed by atoms with Crippen LogP contribution in [0.25, 0.3) is 0 Å². The van der Waals surface area contributed by atoms with Gasteiger partial charge in [0.1, 0.15) is 0 Å². The molecule has 0 radical (unpaired) electrons. The highest BCUT2D eigenvalue weighted by atomic mass is 16.3. The van der Waals surface area contributed by atoms with Gasteiger partial charge in [-0.2, -0.15) is 0 Å². The molecule has 2 saturated heterocycles. The predicted octanol–water partition coefficient (Wildman–Crippen LogP) is 1.03. The third kappa shape index (κ3) is 4.49. The average molecular weight is 398 g/mol. The van der Waals surface area contributed by atoms with Gasteiger partial charge in [-0.3, -0.25) is 19.5 Å². The number of hydrogen-bond donors (Lipinski definition) is 2. The van der Waals surface area contributed by atoms with Crippen molar-refractivity contribution >= 4 is 11.8 Å². The van der Waals surface area contributed by atoms with E-state index in [-0.39, 0.29) is 23.9 Å². The number of nitrogens with zero attached hydrogens (tertiary/aromatic N) is 3. The molecule has 4 heterocycles. The molecule has 0 bridgehead atoms. The average Bonchev–Trinajstić information content (AvgIpc) is 3.42. The molecule has 2 aromatic heterocycles. The van der Waals surface area contributed by atoms with Gasteiger partial charge in [0, 0.05) is 44.6 Å². The van der Waals surface area contributed by atoms with Gasteiger partial charge in [0.15, 0.2) is 5.76 Å². The van der Waals surface area contributed by atoms with E-state index in [1.54, 1.807) is 29.4 Å². The fourth-order valence-corrected chi connectivity index (χ4v) is 4.27. The van der Waals surface area contributed by atoms with Crippen molar-refractivity contribution in [3.05, 3.63) is 54.2 Å². The van der Waals surface area contributed by atoms with E-state index in [1.807, 2.05) is 12.1 Å². The van der Waals surface area contributed by atoms with Gasteiger partial charge in [-0.05, 0) is 43.0 Å². The van der Waals surface area contributed by atoms with Gasteiger partial charge < -0.3 is 19.7 Å². The molecule has 0 aromatic carbocycles. The zero-order valence-corrected chi connectivity index (χ0v) is 16.2. The summed E-state index contributed by atoms with van der Waals surface area (Å²) in [6.07, 6.45) is 6.39. The standard InChI is InChI=1S/C21H26N4O4/c26-17-11-18(20(27)23-13-15-3-1-7-22-12-15)25(14-17)16-5-8-24(9-6-16)21(28)19-4-2-10-29-19/h1-4,7,10,12,16-18,26H,5-6,8-9,11,13-14H2,(H,23,27)/t17-,18+/m1/s1. The molecule has 8 heteroatoms. The van der Waals surface area contributed by atoms with Crippen LogP contribution in [0.5, 0.6) is 0 Å². The summed E-state index contributed by atoms with van der Waals surface area (Å²) in [5, 5.41) is 13.2. The number of piperidine rings is 1. The summed E-state index contributed by atoms with van der Waals surface area (Å²) < 4.78 is 5.21. The third-order valence-electron chi connectivity index (χ3n) is 5.76. The number of rotatable bonds is 5. The topological polar surface area (TPSA) is 98.9 Å². The zero-order valence-electron chi connectivity index (χ0n) is 16.2. The first-order valence-electron chi connectivity index (χ1n) is 10.0. The largest absolute Gasteiger partial charge is 0.459 e. The molecule has 0 saturated carbocycles. The lowest BCUT2D eigenvalue weighted by Gasteiger charge is -2.38. The van der Waals surface area contributed by atoms with Crippen molar-refractivity contribution in [3.8, 4) is 0 Å². The maximum absolute atomic E-state index is 12.8. The Labute approximate surface area is 169 Å². The number of aliphatic hydroxyl groups is 1. The number of pyridine rings is 1. The number of aliphatic hydroxyl groups excluding tert-OH is 1. The van der Waals surface area contributed by atoms with Crippen molar-refractivity contribution in [2.24, 2.45) is 0 Å². The predicted molar refractivity (Wildman–Crippen MR) is 105 cm³/mol. The van der Waals surface area contributed by atoms with E-state index in [0.29, 0.717) is 38.4 Å². The highest BCUT2D eigenvalue weighted by Gasteiger charge is 2.41. The van der Waals surface area contributed by atoms with Crippen molar-refractivity contribution in [2.45, 2.75) is 44.0 Å². The number of carbonyl (C=O) groups excluding carboxylic acids is 2. The van der Waals surface area contributed by atoms with Crippen LogP contribution in [0, 0.1) is 0 Å². The summed E-state index contributed by atoms with van der Waals surface area (Å²) in [7, 11) is 0. The van der Waals surface area contributed by atoms with E-state index in [2.05, 4.69) is 15.2 Å². The minimum Gasteiger partial charge on any atom is -0.459 e. The van der Waals surface area contributed by atoms with E-state index < -0.39 is 6.10 Å². The second kappa shape index (κ2) is 8.75. The number of aromatic nitrogens is 1. The molecule has 0 unspecified atom stereocenters. The summed E-state index contributed by atoms with van der Waals surface area (Å²) in [4.78, 5) is 33.2. The van der Waals surface area contributed by atoms with Crippen LogP contribution in [-0.4, -0.2) is 69.5 Å². The quantitative estimate of drug-likeness (QED) is 0.781. The molecule has 0 spiro atoms. The van der Waals surface area contributed by atoms with Crippen LogP contribution in [0.1, 0.15) is 35.4 Å². The molecular weight excluding hydrogens is 372 g/mol. The van der Waals surface area contributed by atoms with E-state index in [4.69, 9.17) is 4.42 Å². The maximum Gasteiger partial charge on any atom is 0.289 e. The second-order valence-corrected chi connectivity index (χ2v) is 7.68. The lowest BCUT2D eigenvalue weighted by atomic mass is 10.0. The number of amides is 2. The Morgan fingerprint density at radius 2 is 2.07 bits per heavy atom. The number of furan rings is 1. The maximum atomic E-state index is 12.8.